The van der Waals surface area contributed by atoms with Crippen LogP contribution < -0.4 is 16.4 Å². The van der Waals surface area contributed by atoms with Crippen molar-refractivity contribution in [3.63, 3.8) is 0 Å². The van der Waals surface area contributed by atoms with Gasteiger partial charge in [-0.05, 0) is 26.3 Å². The van der Waals surface area contributed by atoms with Gasteiger partial charge in [0.2, 0.25) is 11.8 Å². The number of amides is 2. The second-order valence-electron chi connectivity index (χ2n) is 4.29. The number of thioether (sulfide) groups is 1. The van der Waals surface area contributed by atoms with Gasteiger partial charge in [0.15, 0.2) is 5.13 Å². The Balaban J connectivity index is 1.95. The number of aryl methyl sites for hydroxylation is 1. The number of anilines is 1. The number of carbonyl (C=O) groups excluding carboxylic acids is 2. The SMILES string of the molecule is Cc1nc(NC(=O)C2CCCN2)sc1SCC(N)=O. The van der Waals surface area contributed by atoms with Gasteiger partial charge in [-0.15, -0.1) is 11.8 Å². The van der Waals surface area contributed by atoms with Gasteiger partial charge in [-0.25, -0.2) is 4.98 Å². The Kier molecular flexibility index (Phi) is 4.78. The number of hydrogen-bond donors (Lipinski definition) is 3. The van der Waals surface area contributed by atoms with Crippen LogP contribution in [0.25, 0.3) is 0 Å². The van der Waals surface area contributed by atoms with Crippen LogP contribution in [-0.4, -0.2) is 35.1 Å². The molecular formula is C11H16N4O2S2. The molecule has 1 saturated heterocycles. The first-order valence-corrected chi connectivity index (χ1v) is 7.79. The van der Waals surface area contributed by atoms with E-state index in [1.807, 2.05) is 6.92 Å². The standard InChI is InChI=1S/C11H16N4O2S2/c1-6-10(18-5-8(12)16)19-11(14-6)15-9(17)7-3-2-4-13-7/h7,13H,2-5H2,1H3,(H2,12,16)(H,14,15,17). The molecule has 4 N–H and O–H groups in total. The Morgan fingerprint density at radius 3 is 3.05 bits per heavy atom. The molecule has 0 spiro atoms. The van der Waals surface area contributed by atoms with Crippen molar-refractivity contribution in [2.75, 3.05) is 17.6 Å². The minimum Gasteiger partial charge on any atom is -0.369 e. The normalized spacial score (nSPS) is 18.5. The molecule has 1 aliphatic rings. The molecule has 0 radical (unpaired) electrons. The van der Waals surface area contributed by atoms with E-state index in [9.17, 15) is 9.59 Å². The highest BCUT2D eigenvalue weighted by molar-refractivity contribution is 8.01. The third kappa shape index (κ3) is 3.92. The highest BCUT2D eigenvalue weighted by Crippen LogP contribution is 2.31. The van der Waals surface area contributed by atoms with Crippen LogP contribution in [0.1, 0.15) is 18.5 Å². The average molecular weight is 300 g/mol. The molecule has 2 amide bonds. The monoisotopic (exact) mass is 300 g/mol. The molecule has 8 heteroatoms. The van der Waals surface area contributed by atoms with E-state index in [2.05, 4.69) is 15.6 Å². The predicted molar refractivity (Wildman–Crippen MR) is 76.4 cm³/mol. The molecule has 0 aliphatic carbocycles. The van der Waals surface area contributed by atoms with Gasteiger partial charge >= 0.3 is 0 Å². The van der Waals surface area contributed by atoms with Crippen LogP contribution in [0.15, 0.2) is 4.21 Å². The van der Waals surface area contributed by atoms with E-state index in [0.29, 0.717) is 5.13 Å². The fraction of sp³-hybridized carbons (Fsp3) is 0.545. The average Bonchev–Trinajstić information content (AvgIpc) is 2.96. The maximum Gasteiger partial charge on any atom is 0.243 e. The van der Waals surface area contributed by atoms with E-state index in [-0.39, 0.29) is 23.6 Å². The zero-order valence-electron chi connectivity index (χ0n) is 10.6. The van der Waals surface area contributed by atoms with Gasteiger partial charge in [-0.1, -0.05) is 11.3 Å². The number of primary amides is 1. The van der Waals surface area contributed by atoms with Gasteiger partial charge in [0, 0.05) is 0 Å². The molecule has 0 aromatic carbocycles. The van der Waals surface area contributed by atoms with E-state index in [4.69, 9.17) is 5.73 Å². The number of aromatic nitrogens is 1. The molecular weight excluding hydrogens is 284 g/mol. The van der Waals surface area contributed by atoms with Crippen LogP contribution in [0.4, 0.5) is 5.13 Å². The van der Waals surface area contributed by atoms with Gasteiger partial charge in [0.25, 0.3) is 0 Å². The Hall–Kier alpha value is -1.12. The van der Waals surface area contributed by atoms with Crippen LogP contribution in [-0.2, 0) is 9.59 Å². The Morgan fingerprint density at radius 1 is 1.63 bits per heavy atom. The summed E-state index contributed by atoms with van der Waals surface area (Å²) < 4.78 is 0.911. The van der Waals surface area contributed by atoms with Crippen molar-refractivity contribution in [1.82, 2.24) is 10.3 Å². The fourth-order valence-corrected chi connectivity index (χ4v) is 3.69. The second-order valence-corrected chi connectivity index (χ2v) is 6.53. The largest absolute Gasteiger partial charge is 0.369 e. The quantitative estimate of drug-likeness (QED) is 0.696. The topological polar surface area (TPSA) is 97.1 Å². The molecule has 1 aromatic heterocycles. The molecule has 1 atom stereocenters. The molecule has 2 rings (SSSR count). The summed E-state index contributed by atoms with van der Waals surface area (Å²) in [5, 5.41) is 6.52. The predicted octanol–water partition coefficient (Wildman–Crippen LogP) is 0.719. The lowest BCUT2D eigenvalue weighted by atomic mass is 10.2. The first-order chi connectivity index (χ1) is 9.06. The van der Waals surface area contributed by atoms with E-state index in [0.717, 1.165) is 29.3 Å². The molecule has 0 saturated carbocycles. The van der Waals surface area contributed by atoms with Gasteiger partial charge < -0.3 is 16.4 Å². The van der Waals surface area contributed by atoms with Crippen LogP contribution in [0, 0.1) is 6.92 Å². The second kappa shape index (κ2) is 6.36. The molecule has 6 nitrogen and oxygen atoms in total. The Morgan fingerprint density at radius 2 is 2.42 bits per heavy atom. The van der Waals surface area contributed by atoms with Crippen molar-refractivity contribution in [2.24, 2.45) is 5.73 Å². The summed E-state index contributed by atoms with van der Waals surface area (Å²) in [6, 6.07) is -0.120. The zero-order valence-corrected chi connectivity index (χ0v) is 12.2. The third-order valence-electron chi connectivity index (χ3n) is 2.71. The van der Waals surface area contributed by atoms with Gasteiger partial charge in [-0.2, -0.15) is 0 Å². The maximum atomic E-state index is 11.9. The summed E-state index contributed by atoms with van der Waals surface area (Å²) in [6.07, 6.45) is 1.88. The van der Waals surface area contributed by atoms with Crippen molar-refractivity contribution in [2.45, 2.75) is 30.0 Å². The lowest BCUT2D eigenvalue weighted by Gasteiger charge is -2.08. The van der Waals surface area contributed by atoms with Crippen molar-refractivity contribution in [3.8, 4) is 0 Å². The molecule has 0 bridgehead atoms. The van der Waals surface area contributed by atoms with Crippen molar-refractivity contribution >= 4 is 40.0 Å². The highest BCUT2D eigenvalue weighted by Gasteiger charge is 2.23. The lowest BCUT2D eigenvalue weighted by Crippen LogP contribution is -2.35. The number of nitrogens with one attached hydrogen (secondary N) is 2. The van der Waals surface area contributed by atoms with Crippen LogP contribution in [0.5, 0.6) is 0 Å². The summed E-state index contributed by atoms with van der Waals surface area (Å²) in [7, 11) is 0. The molecule has 1 unspecified atom stereocenters. The minimum absolute atomic E-state index is 0.0438. The van der Waals surface area contributed by atoms with Gasteiger partial charge in [-0.3, -0.25) is 9.59 Å². The van der Waals surface area contributed by atoms with E-state index < -0.39 is 0 Å². The molecule has 1 aromatic rings. The molecule has 1 aliphatic heterocycles. The third-order valence-corrected chi connectivity index (χ3v) is 5.16. The van der Waals surface area contributed by atoms with Crippen molar-refractivity contribution in [1.29, 1.82) is 0 Å². The molecule has 19 heavy (non-hydrogen) atoms. The highest BCUT2D eigenvalue weighted by atomic mass is 32.2. The van der Waals surface area contributed by atoms with Crippen molar-refractivity contribution in [3.05, 3.63) is 5.69 Å². The Bertz CT molecular complexity index is 483. The summed E-state index contributed by atoms with van der Waals surface area (Å²) >= 11 is 2.72. The number of hydrogen-bond acceptors (Lipinski definition) is 6. The number of nitrogens with two attached hydrogens (primary N) is 1. The lowest BCUT2D eigenvalue weighted by molar-refractivity contribution is -0.118. The van der Waals surface area contributed by atoms with Crippen molar-refractivity contribution < 1.29 is 9.59 Å². The fourth-order valence-electron chi connectivity index (χ4n) is 1.81. The maximum absolute atomic E-state index is 11.9. The Labute approximate surface area is 119 Å². The summed E-state index contributed by atoms with van der Waals surface area (Å²) in [4.78, 5) is 26.9. The van der Waals surface area contributed by atoms with Crippen LogP contribution in [0.3, 0.4) is 0 Å². The number of thiazole rings is 1. The molecule has 104 valence electrons. The molecule has 2 heterocycles. The van der Waals surface area contributed by atoms with E-state index in [1.54, 1.807) is 0 Å². The number of rotatable bonds is 5. The summed E-state index contributed by atoms with van der Waals surface area (Å²) in [5.74, 6) is -0.183. The number of carbonyl (C=O) groups is 2. The number of nitrogens with zero attached hydrogens (tertiary/aromatic N) is 1. The van der Waals surface area contributed by atoms with Crippen LogP contribution in [0.2, 0.25) is 0 Å². The van der Waals surface area contributed by atoms with E-state index >= 15 is 0 Å². The van der Waals surface area contributed by atoms with Gasteiger partial charge in [0.05, 0.1) is 21.7 Å². The molecule has 1 fully saturated rings. The summed E-state index contributed by atoms with van der Waals surface area (Å²) in [6.45, 7) is 2.73. The first-order valence-electron chi connectivity index (χ1n) is 5.99. The first kappa shape index (κ1) is 14.3. The minimum atomic E-state index is -0.362. The smallest absolute Gasteiger partial charge is 0.243 e. The van der Waals surface area contributed by atoms with E-state index in [1.165, 1.54) is 23.1 Å². The van der Waals surface area contributed by atoms with Crippen LogP contribution >= 0.6 is 23.1 Å². The summed E-state index contributed by atoms with van der Waals surface area (Å²) in [5.41, 5.74) is 5.92. The van der Waals surface area contributed by atoms with Gasteiger partial charge in [0.1, 0.15) is 0 Å². The zero-order chi connectivity index (χ0) is 13.8.